The van der Waals surface area contributed by atoms with Crippen LogP contribution in [0.1, 0.15) is 29.2 Å². The summed E-state index contributed by atoms with van der Waals surface area (Å²) in [4.78, 5) is 31.8. The molecule has 168 valence electrons. The SMILES string of the molecule is Cc1ccc(C2/C(=C(\O)c3ccc4c(c3)OCO4)C(=O)C(=O)N2CCCn2ccnc2)cc1. The lowest BCUT2D eigenvalue weighted by molar-refractivity contribution is -0.139. The van der Waals surface area contributed by atoms with Gasteiger partial charge < -0.3 is 24.0 Å². The summed E-state index contributed by atoms with van der Waals surface area (Å²) in [7, 11) is 0. The van der Waals surface area contributed by atoms with Gasteiger partial charge in [0.15, 0.2) is 11.5 Å². The molecular weight excluding hydrogens is 422 g/mol. The molecule has 1 fully saturated rings. The van der Waals surface area contributed by atoms with Crippen LogP contribution in [0.15, 0.2) is 66.8 Å². The number of carbonyl (C=O) groups excluding carboxylic acids is 2. The van der Waals surface area contributed by atoms with Crippen LogP contribution in [0.2, 0.25) is 0 Å². The zero-order valence-corrected chi connectivity index (χ0v) is 18.1. The number of aryl methyl sites for hydroxylation is 2. The molecule has 2 aromatic carbocycles. The largest absolute Gasteiger partial charge is 0.507 e. The first kappa shape index (κ1) is 20.8. The number of Topliss-reactive ketones (excluding diaryl/α,β-unsaturated/α-hetero) is 1. The third kappa shape index (κ3) is 3.84. The minimum absolute atomic E-state index is 0.0744. The van der Waals surface area contributed by atoms with Gasteiger partial charge >= 0.3 is 0 Å². The number of hydrogen-bond donors (Lipinski definition) is 1. The van der Waals surface area contributed by atoms with E-state index in [2.05, 4.69) is 4.98 Å². The number of benzene rings is 2. The van der Waals surface area contributed by atoms with Gasteiger partial charge in [-0.3, -0.25) is 9.59 Å². The number of ether oxygens (including phenoxy) is 2. The molecule has 3 aromatic rings. The fourth-order valence-electron chi connectivity index (χ4n) is 4.25. The van der Waals surface area contributed by atoms with Crippen LogP contribution in [0.5, 0.6) is 11.5 Å². The molecule has 8 nitrogen and oxygen atoms in total. The molecule has 33 heavy (non-hydrogen) atoms. The highest BCUT2D eigenvalue weighted by Gasteiger charge is 2.45. The summed E-state index contributed by atoms with van der Waals surface area (Å²) < 4.78 is 12.7. The number of imidazole rings is 1. The number of rotatable bonds is 6. The van der Waals surface area contributed by atoms with E-state index in [1.807, 2.05) is 42.0 Å². The lowest BCUT2D eigenvalue weighted by Gasteiger charge is -2.25. The zero-order chi connectivity index (χ0) is 22.9. The first-order valence-electron chi connectivity index (χ1n) is 10.7. The van der Waals surface area contributed by atoms with Crippen molar-refractivity contribution < 1.29 is 24.2 Å². The van der Waals surface area contributed by atoms with Crippen LogP contribution in [-0.4, -0.2) is 44.6 Å². The number of likely N-dealkylation sites (tertiary alicyclic amines) is 1. The Morgan fingerprint density at radius 2 is 1.88 bits per heavy atom. The second-order valence-electron chi connectivity index (χ2n) is 8.13. The lowest BCUT2D eigenvalue weighted by Crippen LogP contribution is -2.31. The molecule has 0 aliphatic carbocycles. The summed E-state index contributed by atoms with van der Waals surface area (Å²) in [5.41, 5.74) is 2.30. The van der Waals surface area contributed by atoms with Crippen LogP contribution in [0.4, 0.5) is 0 Å². The summed E-state index contributed by atoms with van der Waals surface area (Å²) >= 11 is 0. The maximum Gasteiger partial charge on any atom is 0.295 e. The van der Waals surface area contributed by atoms with Crippen molar-refractivity contribution >= 4 is 17.4 Å². The highest BCUT2D eigenvalue weighted by Crippen LogP contribution is 2.41. The summed E-state index contributed by atoms with van der Waals surface area (Å²) in [6.07, 6.45) is 5.90. The standard InChI is InChI=1S/C25H23N3O5/c1-16-3-5-17(6-4-16)22-21(23(29)18-7-8-19-20(13-18)33-15-32-19)24(30)25(31)28(22)11-2-10-27-12-9-26-14-27/h3-9,12-14,22,29H,2,10-11,15H2,1H3/b23-21+. The smallest absolute Gasteiger partial charge is 0.295 e. The van der Waals surface area contributed by atoms with Gasteiger partial charge in [0.25, 0.3) is 11.7 Å². The van der Waals surface area contributed by atoms with E-state index >= 15 is 0 Å². The lowest BCUT2D eigenvalue weighted by atomic mass is 9.94. The maximum absolute atomic E-state index is 13.1. The zero-order valence-electron chi connectivity index (χ0n) is 18.1. The number of amides is 1. The van der Waals surface area contributed by atoms with E-state index in [0.717, 1.165) is 11.1 Å². The van der Waals surface area contributed by atoms with Gasteiger partial charge in [-0.05, 0) is 37.1 Å². The van der Waals surface area contributed by atoms with E-state index in [1.54, 1.807) is 35.6 Å². The van der Waals surface area contributed by atoms with Crippen LogP contribution < -0.4 is 9.47 Å². The highest BCUT2D eigenvalue weighted by atomic mass is 16.7. The molecule has 8 heteroatoms. The topological polar surface area (TPSA) is 93.9 Å². The average Bonchev–Trinajstić information content (AvgIpc) is 3.56. The molecule has 2 aliphatic heterocycles. The number of aliphatic hydroxyl groups excluding tert-OH is 1. The van der Waals surface area contributed by atoms with Gasteiger partial charge in [0.2, 0.25) is 6.79 Å². The first-order chi connectivity index (χ1) is 16.0. The van der Waals surface area contributed by atoms with Gasteiger partial charge in [-0.25, -0.2) is 4.98 Å². The molecule has 1 unspecified atom stereocenters. The fraction of sp³-hybridized carbons (Fsp3) is 0.240. The summed E-state index contributed by atoms with van der Waals surface area (Å²) in [5, 5.41) is 11.2. The Balaban J connectivity index is 1.53. The number of hydrogen-bond acceptors (Lipinski definition) is 6. The number of ketones is 1. The van der Waals surface area contributed by atoms with Crippen molar-refractivity contribution in [1.29, 1.82) is 0 Å². The van der Waals surface area contributed by atoms with Crippen LogP contribution >= 0.6 is 0 Å². The van der Waals surface area contributed by atoms with Gasteiger partial charge in [-0.2, -0.15) is 0 Å². The third-order valence-corrected chi connectivity index (χ3v) is 5.95. The van der Waals surface area contributed by atoms with E-state index in [1.165, 1.54) is 0 Å². The monoisotopic (exact) mass is 445 g/mol. The second-order valence-corrected chi connectivity index (χ2v) is 8.13. The van der Waals surface area contributed by atoms with Gasteiger partial charge in [0, 0.05) is 31.0 Å². The van der Waals surface area contributed by atoms with E-state index < -0.39 is 17.7 Å². The van der Waals surface area contributed by atoms with E-state index in [0.29, 0.717) is 36.6 Å². The van der Waals surface area contributed by atoms with Crippen LogP contribution in [0, 0.1) is 6.92 Å². The molecule has 1 atom stereocenters. The number of aromatic nitrogens is 2. The molecule has 3 heterocycles. The van der Waals surface area contributed by atoms with Crippen molar-refractivity contribution in [2.45, 2.75) is 25.9 Å². The summed E-state index contributed by atoms with van der Waals surface area (Å²) in [6.45, 7) is 3.09. The van der Waals surface area contributed by atoms with Crippen molar-refractivity contribution in [1.82, 2.24) is 14.5 Å². The van der Waals surface area contributed by atoms with Crippen molar-refractivity contribution in [2.24, 2.45) is 0 Å². The number of fused-ring (bicyclic) bond motifs is 1. The molecule has 5 rings (SSSR count). The van der Waals surface area contributed by atoms with E-state index in [9.17, 15) is 14.7 Å². The fourth-order valence-corrected chi connectivity index (χ4v) is 4.25. The third-order valence-electron chi connectivity index (χ3n) is 5.95. The number of carbonyl (C=O) groups is 2. The van der Waals surface area contributed by atoms with E-state index in [-0.39, 0.29) is 18.1 Å². The summed E-state index contributed by atoms with van der Waals surface area (Å²) in [5.74, 6) is -0.483. The molecule has 0 radical (unpaired) electrons. The summed E-state index contributed by atoms with van der Waals surface area (Å²) in [6, 6.07) is 11.9. The Bertz CT molecular complexity index is 1230. The maximum atomic E-state index is 13.1. The highest BCUT2D eigenvalue weighted by molar-refractivity contribution is 6.46. The normalized spacial score (nSPS) is 18.8. The van der Waals surface area contributed by atoms with Gasteiger partial charge in [0.05, 0.1) is 17.9 Å². The van der Waals surface area contributed by atoms with Gasteiger partial charge in [0.1, 0.15) is 5.76 Å². The Hall–Kier alpha value is -4.07. The first-order valence-corrected chi connectivity index (χ1v) is 10.7. The van der Waals surface area contributed by atoms with Crippen molar-refractivity contribution in [3.8, 4) is 11.5 Å². The molecular formula is C25H23N3O5. The number of nitrogens with zero attached hydrogens (tertiary/aromatic N) is 3. The Morgan fingerprint density at radius 3 is 2.64 bits per heavy atom. The molecule has 0 saturated carbocycles. The molecule has 1 saturated heterocycles. The van der Waals surface area contributed by atoms with Gasteiger partial charge in [-0.15, -0.1) is 0 Å². The quantitative estimate of drug-likeness (QED) is 0.355. The molecule has 1 aromatic heterocycles. The van der Waals surface area contributed by atoms with Crippen LogP contribution in [0.25, 0.3) is 5.76 Å². The number of aliphatic hydroxyl groups is 1. The Morgan fingerprint density at radius 1 is 1.09 bits per heavy atom. The van der Waals surface area contributed by atoms with Crippen LogP contribution in [-0.2, 0) is 16.1 Å². The average molecular weight is 445 g/mol. The minimum Gasteiger partial charge on any atom is -0.507 e. The minimum atomic E-state index is -0.696. The van der Waals surface area contributed by atoms with E-state index in [4.69, 9.17) is 9.47 Å². The van der Waals surface area contributed by atoms with Gasteiger partial charge in [-0.1, -0.05) is 29.8 Å². The van der Waals surface area contributed by atoms with Crippen molar-refractivity contribution in [2.75, 3.05) is 13.3 Å². The van der Waals surface area contributed by atoms with Crippen LogP contribution in [0.3, 0.4) is 0 Å². The predicted octanol–water partition coefficient (Wildman–Crippen LogP) is 3.43. The molecule has 0 bridgehead atoms. The Kier molecular flexibility index (Phi) is 5.34. The van der Waals surface area contributed by atoms with Crippen molar-refractivity contribution in [3.05, 3.63) is 83.4 Å². The molecule has 2 aliphatic rings. The second kappa shape index (κ2) is 8.46. The molecule has 0 spiro atoms. The Labute approximate surface area is 190 Å². The molecule has 1 amide bonds. The van der Waals surface area contributed by atoms with Crippen molar-refractivity contribution in [3.63, 3.8) is 0 Å². The molecule has 1 N–H and O–H groups in total. The predicted molar refractivity (Wildman–Crippen MR) is 120 cm³/mol.